The average Bonchev–Trinajstić information content (AvgIpc) is 2.73. The summed E-state index contributed by atoms with van der Waals surface area (Å²) in [7, 11) is 0. The predicted octanol–water partition coefficient (Wildman–Crippen LogP) is 3.42. The Morgan fingerprint density at radius 2 is 1.95 bits per heavy atom. The number of thioether (sulfide) groups is 1. The van der Waals surface area contributed by atoms with Gasteiger partial charge in [0.05, 0.1) is 18.0 Å². The maximum Gasteiger partial charge on any atom is 0.106 e. The maximum atomic E-state index is 9.56. The largest absolute Gasteiger partial charge is 0.392 e. The van der Waals surface area contributed by atoms with Gasteiger partial charge < -0.3 is 5.11 Å². The quantitative estimate of drug-likeness (QED) is 0.850. The van der Waals surface area contributed by atoms with Gasteiger partial charge in [0.25, 0.3) is 0 Å². The van der Waals surface area contributed by atoms with E-state index in [9.17, 15) is 5.11 Å². The van der Waals surface area contributed by atoms with Crippen molar-refractivity contribution in [1.82, 2.24) is 9.78 Å². The molecule has 0 aliphatic carbocycles. The summed E-state index contributed by atoms with van der Waals surface area (Å²) in [5, 5.41) is 15.2. The van der Waals surface area contributed by atoms with Crippen molar-refractivity contribution in [2.75, 3.05) is 5.75 Å². The summed E-state index contributed by atoms with van der Waals surface area (Å²) in [6.07, 6.45) is 0. The Balaban J connectivity index is 2.42. The van der Waals surface area contributed by atoms with Gasteiger partial charge in [0, 0.05) is 11.3 Å². The molecule has 0 saturated carbocycles. The van der Waals surface area contributed by atoms with E-state index < -0.39 is 0 Å². The lowest BCUT2D eigenvalue weighted by molar-refractivity contribution is 0.278. The van der Waals surface area contributed by atoms with E-state index in [2.05, 4.69) is 18.9 Å². The Labute approximate surface area is 118 Å². The lowest BCUT2D eigenvalue weighted by atomic mass is 10.3. The molecule has 0 fully saturated rings. The van der Waals surface area contributed by atoms with Crippen LogP contribution in [0.25, 0.3) is 5.69 Å². The molecule has 1 aromatic heterocycles. The zero-order valence-electron chi connectivity index (χ0n) is 11.6. The second-order valence-corrected chi connectivity index (χ2v) is 5.99. The Morgan fingerprint density at radius 3 is 2.53 bits per heavy atom. The van der Waals surface area contributed by atoms with Crippen molar-refractivity contribution >= 4 is 11.8 Å². The number of para-hydroxylation sites is 1. The molecule has 0 aliphatic rings. The minimum Gasteiger partial charge on any atom is -0.392 e. The number of aliphatic hydroxyl groups excluding tert-OH is 1. The van der Waals surface area contributed by atoms with Gasteiger partial charge in [-0.1, -0.05) is 32.0 Å². The van der Waals surface area contributed by atoms with Gasteiger partial charge in [-0.2, -0.15) is 5.10 Å². The number of aryl methyl sites for hydroxylation is 1. The molecule has 1 N–H and O–H groups in total. The summed E-state index contributed by atoms with van der Waals surface area (Å²) in [6.45, 7) is 6.38. The molecule has 0 unspecified atom stereocenters. The molecule has 0 amide bonds. The van der Waals surface area contributed by atoms with E-state index in [1.807, 2.05) is 41.9 Å². The average molecular weight is 276 g/mol. The zero-order valence-corrected chi connectivity index (χ0v) is 12.4. The van der Waals surface area contributed by atoms with Crippen LogP contribution in [0.15, 0.2) is 35.4 Å². The molecule has 4 heteroatoms. The van der Waals surface area contributed by atoms with Crippen LogP contribution in [0, 0.1) is 12.8 Å². The van der Waals surface area contributed by atoms with Crippen molar-refractivity contribution in [3.8, 4) is 5.69 Å². The molecular weight excluding hydrogens is 256 g/mol. The van der Waals surface area contributed by atoms with Crippen molar-refractivity contribution in [2.24, 2.45) is 5.92 Å². The van der Waals surface area contributed by atoms with Crippen molar-refractivity contribution < 1.29 is 5.11 Å². The van der Waals surface area contributed by atoms with Crippen LogP contribution in [0.1, 0.15) is 25.1 Å². The fourth-order valence-electron chi connectivity index (χ4n) is 1.86. The molecular formula is C15H20N2OS. The Kier molecular flexibility index (Phi) is 4.66. The van der Waals surface area contributed by atoms with E-state index in [1.54, 1.807) is 11.8 Å². The van der Waals surface area contributed by atoms with Gasteiger partial charge in [-0.05, 0) is 25.0 Å². The molecule has 2 rings (SSSR count). The topological polar surface area (TPSA) is 38.0 Å². The molecule has 0 spiro atoms. The van der Waals surface area contributed by atoms with Crippen molar-refractivity contribution in [1.29, 1.82) is 0 Å². The smallest absolute Gasteiger partial charge is 0.106 e. The van der Waals surface area contributed by atoms with E-state index in [-0.39, 0.29) is 6.61 Å². The first-order valence-corrected chi connectivity index (χ1v) is 7.49. The Morgan fingerprint density at radius 1 is 1.26 bits per heavy atom. The number of benzene rings is 1. The fourth-order valence-corrected chi connectivity index (χ4v) is 3.00. The summed E-state index contributed by atoms with van der Waals surface area (Å²) in [5.74, 6) is 1.63. The van der Waals surface area contributed by atoms with Crippen LogP contribution in [0.4, 0.5) is 0 Å². The molecule has 3 nitrogen and oxygen atoms in total. The molecule has 1 aromatic carbocycles. The van der Waals surface area contributed by atoms with Crippen LogP contribution in [-0.4, -0.2) is 20.6 Å². The van der Waals surface area contributed by atoms with Crippen LogP contribution in [-0.2, 0) is 6.61 Å². The van der Waals surface area contributed by atoms with Crippen LogP contribution >= 0.6 is 11.8 Å². The van der Waals surface area contributed by atoms with Crippen molar-refractivity contribution in [3.05, 3.63) is 41.6 Å². The number of hydrogen-bond acceptors (Lipinski definition) is 3. The van der Waals surface area contributed by atoms with Gasteiger partial charge in [0.15, 0.2) is 0 Å². The molecule has 0 saturated heterocycles. The summed E-state index contributed by atoms with van der Waals surface area (Å²) in [4.78, 5) is 0. The van der Waals surface area contributed by atoms with Crippen molar-refractivity contribution in [2.45, 2.75) is 32.4 Å². The molecule has 2 aromatic rings. The minimum atomic E-state index is 0.0408. The Hall–Kier alpha value is -1.26. The van der Waals surface area contributed by atoms with Gasteiger partial charge in [-0.3, -0.25) is 0 Å². The first kappa shape index (κ1) is 14.2. The normalized spacial score (nSPS) is 11.2. The standard InChI is InChI=1S/C15H20N2OS/c1-11(2)10-19-15-14(9-18)12(3)16-17(15)13-7-5-4-6-8-13/h4-8,11,18H,9-10H2,1-3H3. The van der Waals surface area contributed by atoms with Gasteiger partial charge in [0.2, 0.25) is 0 Å². The molecule has 102 valence electrons. The van der Waals surface area contributed by atoms with Crippen LogP contribution in [0.3, 0.4) is 0 Å². The molecule has 0 atom stereocenters. The van der Waals surface area contributed by atoms with E-state index in [0.29, 0.717) is 5.92 Å². The third-order valence-electron chi connectivity index (χ3n) is 2.85. The molecule has 1 heterocycles. The van der Waals surface area contributed by atoms with Gasteiger partial charge >= 0.3 is 0 Å². The molecule has 0 aliphatic heterocycles. The van der Waals surface area contributed by atoms with Crippen LogP contribution < -0.4 is 0 Å². The number of aliphatic hydroxyl groups is 1. The predicted molar refractivity (Wildman–Crippen MR) is 79.8 cm³/mol. The highest BCUT2D eigenvalue weighted by Gasteiger charge is 2.16. The molecule has 0 radical (unpaired) electrons. The van der Waals surface area contributed by atoms with E-state index >= 15 is 0 Å². The summed E-state index contributed by atoms with van der Waals surface area (Å²) in [5.41, 5.74) is 2.88. The zero-order chi connectivity index (χ0) is 13.8. The summed E-state index contributed by atoms with van der Waals surface area (Å²) >= 11 is 1.76. The number of hydrogen-bond donors (Lipinski definition) is 1. The van der Waals surface area contributed by atoms with Crippen molar-refractivity contribution in [3.63, 3.8) is 0 Å². The second-order valence-electron chi connectivity index (χ2n) is 4.98. The number of rotatable bonds is 5. The summed E-state index contributed by atoms with van der Waals surface area (Å²) < 4.78 is 1.94. The van der Waals surface area contributed by atoms with E-state index in [0.717, 1.165) is 27.7 Å². The third kappa shape index (κ3) is 3.19. The Bertz CT molecular complexity index is 535. The molecule has 0 bridgehead atoms. The number of nitrogens with zero attached hydrogens (tertiary/aromatic N) is 2. The minimum absolute atomic E-state index is 0.0408. The second kappa shape index (κ2) is 6.26. The van der Waals surface area contributed by atoms with Crippen LogP contribution in [0.2, 0.25) is 0 Å². The van der Waals surface area contributed by atoms with E-state index in [1.165, 1.54) is 0 Å². The van der Waals surface area contributed by atoms with Gasteiger partial charge in [-0.15, -0.1) is 11.8 Å². The maximum absolute atomic E-state index is 9.56. The highest BCUT2D eigenvalue weighted by atomic mass is 32.2. The SMILES string of the molecule is Cc1nn(-c2ccccc2)c(SCC(C)C)c1CO. The van der Waals surface area contributed by atoms with Crippen LogP contribution in [0.5, 0.6) is 0 Å². The number of aromatic nitrogens is 2. The first-order valence-electron chi connectivity index (χ1n) is 6.51. The van der Waals surface area contributed by atoms with E-state index in [4.69, 9.17) is 0 Å². The van der Waals surface area contributed by atoms with Gasteiger partial charge in [-0.25, -0.2) is 4.68 Å². The monoisotopic (exact) mass is 276 g/mol. The lowest BCUT2D eigenvalue weighted by Crippen LogP contribution is -2.01. The van der Waals surface area contributed by atoms with Gasteiger partial charge in [0.1, 0.15) is 5.03 Å². The lowest BCUT2D eigenvalue weighted by Gasteiger charge is -2.10. The first-order chi connectivity index (χ1) is 9.13. The third-order valence-corrected chi connectivity index (χ3v) is 4.38. The summed E-state index contributed by atoms with van der Waals surface area (Å²) in [6, 6.07) is 10.1. The molecule has 19 heavy (non-hydrogen) atoms. The highest BCUT2D eigenvalue weighted by molar-refractivity contribution is 7.99. The fraction of sp³-hybridized carbons (Fsp3) is 0.400. The highest BCUT2D eigenvalue weighted by Crippen LogP contribution is 2.29.